The average Bonchev–Trinajstić information content (AvgIpc) is 2.90. The number of aromatic nitrogens is 3. The maximum absolute atomic E-state index is 11.4. The van der Waals surface area contributed by atoms with Crippen molar-refractivity contribution in [2.45, 2.75) is 24.9 Å². The first-order chi connectivity index (χ1) is 10.5. The molecule has 0 bridgehead atoms. The molecule has 1 aromatic heterocycles. The Morgan fingerprint density at radius 2 is 2.27 bits per heavy atom. The number of halogens is 1. The summed E-state index contributed by atoms with van der Waals surface area (Å²) in [5, 5.41) is 25.9. The molecule has 0 aliphatic heterocycles. The number of carboxylic acid groups (broad SMARTS) is 1. The predicted molar refractivity (Wildman–Crippen MR) is 87.7 cm³/mol. The normalized spacial score (nSPS) is 11.6. The lowest BCUT2D eigenvalue weighted by Crippen LogP contribution is -1.97. The van der Waals surface area contributed by atoms with Crippen molar-refractivity contribution in [3.8, 4) is 5.75 Å². The van der Waals surface area contributed by atoms with E-state index in [2.05, 4.69) is 31.1 Å². The number of rotatable bonds is 6. The molecule has 0 saturated heterocycles. The Kier molecular flexibility index (Phi) is 5.62. The first kappa shape index (κ1) is 16.6. The number of carboxylic acids is 1. The van der Waals surface area contributed by atoms with Crippen LogP contribution in [0.25, 0.3) is 6.08 Å². The lowest BCUT2D eigenvalue weighted by atomic mass is 10.2. The Labute approximate surface area is 139 Å². The molecule has 0 saturated carbocycles. The van der Waals surface area contributed by atoms with Crippen molar-refractivity contribution in [1.82, 2.24) is 15.2 Å². The van der Waals surface area contributed by atoms with Gasteiger partial charge in [-0.05, 0) is 57.9 Å². The van der Waals surface area contributed by atoms with Crippen LogP contribution < -0.4 is 0 Å². The molecule has 6 nitrogen and oxygen atoms in total. The number of benzene rings is 1. The monoisotopic (exact) mass is 383 g/mol. The number of aromatic hydroxyl groups is 1. The van der Waals surface area contributed by atoms with Gasteiger partial charge in [-0.2, -0.15) is 0 Å². The third-order valence-electron chi connectivity index (χ3n) is 2.68. The average molecular weight is 384 g/mol. The molecule has 0 unspecified atom stereocenters. The first-order valence-corrected chi connectivity index (χ1v) is 8.13. The lowest BCUT2D eigenvalue weighted by molar-refractivity contribution is -0.131. The molecule has 3 N–H and O–H groups in total. The fourth-order valence-electron chi connectivity index (χ4n) is 1.67. The topological polar surface area (TPSA) is 99.1 Å². The van der Waals surface area contributed by atoms with E-state index in [4.69, 9.17) is 0 Å². The molecule has 2 aromatic rings. The number of thioether (sulfide) groups is 1. The molecule has 8 heteroatoms. The summed E-state index contributed by atoms with van der Waals surface area (Å²) in [7, 11) is 0. The lowest BCUT2D eigenvalue weighted by Gasteiger charge is -2.01. The highest BCUT2D eigenvalue weighted by Crippen LogP contribution is 2.29. The minimum atomic E-state index is -1.06. The number of aromatic amines is 1. The van der Waals surface area contributed by atoms with Crippen molar-refractivity contribution >= 4 is 39.7 Å². The molecule has 1 heterocycles. The zero-order chi connectivity index (χ0) is 16.1. The maximum Gasteiger partial charge on any atom is 0.342 e. The van der Waals surface area contributed by atoms with Crippen molar-refractivity contribution in [1.29, 1.82) is 0 Å². The third kappa shape index (κ3) is 4.35. The molecule has 0 spiro atoms. The van der Waals surface area contributed by atoms with Gasteiger partial charge in [-0.25, -0.2) is 9.78 Å². The highest BCUT2D eigenvalue weighted by atomic mass is 79.9. The van der Waals surface area contributed by atoms with Crippen LogP contribution in [0.5, 0.6) is 5.75 Å². The number of carbonyl (C=O) groups is 1. The molecule has 0 fully saturated rings. The molecular formula is C14H14BrN3O3S. The standard InChI is InChI=1S/C14H14BrN3O3S/c1-2-3-12-16-14(18-17-12)22-11(13(20)21)7-8-4-5-10(19)9(15)6-8/h4-7,19H,2-3H2,1H3,(H,20,21)(H,16,17,18)/b11-7-. The van der Waals surface area contributed by atoms with Crippen LogP contribution in [-0.2, 0) is 11.2 Å². The summed E-state index contributed by atoms with van der Waals surface area (Å²) >= 11 is 4.18. The molecule has 0 aliphatic rings. The van der Waals surface area contributed by atoms with Gasteiger partial charge in [0.15, 0.2) is 0 Å². The number of nitrogens with zero attached hydrogens (tertiary/aromatic N) is 2. The zero-order valence-corrected chi connectivity index (χ0v) is 14.1. The van der Waals surface area contributed by atoms with Crippen LogP contribution in [0.15, 0.2) is 32.7 Å². The van der Waals surface area contributed by atoms with Gasteiger partial charge in [-0.3, -0.25) is 5.10 Å². The maximum atomic E-state index is 11.4. The summed E-state index contributed by atoms with van der Waals surface area (Å²) in [6, 6.07) is 4.76. The van der Waals surface area contributed by atoms with E-state index in [1.54, 1.807) is 12.1 Å². The second kappa shape index (κ2) is 7.46. The summed E-state index contributed by atoms with van der Waals surface area (Å²) in [5.41, 5.74) is 0.652. The Morgan fingerprint density at radius 1 is 1.50 bits per heavy atom. The second-order valence-corrected chi connectivity index (χ2v) is 6.30. The van der Waals surface area contributed by atoms with Gasteiger partial charge in [0.05, 0.1) is 4.47 Å². The van der Waals surface area contributed by atoms with Gasteiger partial charge in [-0.1, -0.05) is 13.0 Å². The SMILES string of the molecule is CCCc1nc(S/C(=C\c2ccc(O)c(Br)c2)C(=O)O)n[nH]1. The number of hydrogen-bond donors (Lipinski definition) is 3. The molecule has 0 amide bonds. The minimum absolute atomic E-state index is 0.0969. The molecule has 116 valence electrons. The highest BCUT2D eigenvalue weighted by Gasteiger charge is 2.14. The Hall–Kier alpha value is -1.80. The molecule has 1 aromatic carbocycles. The smallest absolute Gasteiger partial charge is 0.342 e. The van der Waals surface area contributed by atoms with Crippen LogP contribution in [0.2, 0.25) is 0 Å². The number of hydrogen-bond acceptors (Lipinski definition) is 5. The van der Waals surface area contributed by atoms with Gasteiger partial charge < -0.3 is 10.2 Å². The summed E-state index contributed by atoms with van der Waals surface area (Å²) in [4.78, 5) is 15.7. The third-order valence-corrected chi connectivity index (χ3v) is 4.19. The molecule has 0 radical (unpaired) electrons. The Morgan fingerprint density at radius 3 is 2.91 bits per heavy atom. The Balaban J connectivity index is 2.23. The van der Waals surface area contributed by atoms with Crippen LogP contribution in [-0.4, -0.2) is 31.4 Å². The van der Waals surface area contributed by atoms with Crippen LogP contribution in [0, 0.1) is 0 Å². The summed E-state index contributed by atoms with van der Waals surface area (Å²) in [5.74, 6) is -0.224. The van der Waals surface area contributed by atoms with Crippen molar-refractivity contribution < 1.29 is 15.0 Å². The van der Waals surface area contributed by atoms with Gasteiger partial charge in [0.25, 0.3) is 0 Å². The second-order valence-electron chi connectivity index (χ2n) is 4.44. The molecule has 0 atom stereocenters. The predicted octanol–water partition coefficient (Wildman–Crippen LogP) is 3.44. The molecule has 22 heavy (non-hydrogen) atoms. The summed E-state index contributed by atoms with van der Waals surface area (Å²) in [6.45, 7) is 2.03. The van der Waals surface area contributed by atoms with Crippen LogP contribution >= 0.6 is 27.7 Å². The van der Waals surface area contributed by atoms with E-state index in [1.165, 1.54) is 12.1 Å². The largest absolute Gasteiger partial charge is 0.507 e. The van der Waals surface area contributed by atoms with Crippen molar-refractivity contribution in [3.05, 3.63) is 39.0 Å². The van der Waals surface area contributed by atoms with E-state index in [0.29, 0.717) is 15.2 Å². The minimum Gasteiger partial charge on any atom is -0.507 e. The number of aliphatic carboxylic acids is 1. The van der Waals surface area contributed by atoms with Gasteiger partial charge in [0, 0.05) is 6.42 Å². The van der Waals surface area contributed by atoms with Crippen LogP contribution in [0.3, 0.4) is 0 Å². The van der Waals surface area contributed by atoms with E-state index in [-0.39, 0.29) is 10.7 Å². The highest BCUT2D eigenvalue weighted by molar-refractivity contribution is 9.10. The van der Waals surface area contributed by atoms with E-state index < -0.39 is 5.97 Å². The van der Waals surface area contributed by atoms with Crippen molar-refractivity contribution in [3.63, 3.8) is 0 Å². The van der Waals surface area contributed by atoms with E-state index in [0.717, 1.165) is 30.4 Å². The van der Waals surface area contributed by atoms with E-state index in [9.17, 15) is 15.0 Å². The number of nitrogens with one attached hydrogen (secondary N) is 1. The first-order valence-electron chi connectivity index (χ1n) is 6.52. The van der Waals surface area contributed by atoms with Crippen molar-refractivity contribution in [2.24, 2.45) is 0 Å². The summed E-state index contributed by atoms with van der Waals surface area (Å²) < 4.78 is 0.499. The van der Waals surface area contributed by atoms with E-state index >= 15 is 0 Å². The van der Waals surface area contributed by atoms with Crippen LogP contribution in [0.1, 0.15) is 24.7 Å². The van der Waals surface area contributed by atoms with Gasteiger partial charge in [-0.15, -0.1) is 5.10 Å². The van der Waals surface area contributed by atoms with Gasteiger partial charge in [0.1, 0.15) is 16.5 Å². The van der Waals surface area contributed by atoms with Gasteiger partial charge >= 0.3 is 5.97 Å². The summed E-state index contributed by atoms with van der Waals surface area (Å²) in [6.07, 6.45) is 3.21. The van der Waals surface area contributed by atoms with Crippen LogP contribution in [0.4, 0.5) is 0 Å². The number of phenols is 1. The fraction of sp³-hybridized carbons (Fsp3) is 0.214. The number of phenolic OH excluding ortho intramolecular Hbond substituents is 1. The zero-order valence-electron chi connectivity index (χ0n) is 11.7. The quantitative estimate of drug-likeness (QED) is 0.521. The Bertz CT molecular complexity index is 715. The fourth-order valence-corrected chi connectivity index (χ4v) is 2.79. The molecular weight excluding hydrogens is 370 g/mol. The number of H-pyrrole nitrogens is 1. The van der Waals surface area contributed by atoms with Crippen molar-refractivity contribution in [2.75, 3.05) is 0 Å². The van der Waals surface area contributed by atoms with Gasteiger partial charge in [0.2, 0.25) is 5.16 Å². The molecule has 0 aliphatic carbocycles. The van der Waals surface area contributed by atoms with E-state index in [1.807, 2.05) is 6.92 Å². The number of aryl methyl sites for hydroxylation is 1. The molecule has 2 rings (SSSR count).